The molecule has 2 N–H and O–H groups in total. The predicted octanol–water partition coefficient (Wildman–Crippen LogP) is 4.11. The number of rotatable bonds is 5. The van der Waals surface area contributed by atoms with E-state index in [1.165, 1.54) is 50.6 Å². The second-order valence-electron chi connectivity index (χ2n) is 5.63. The van der Waals surface area contributed by atoms with Crippen LogP contribution in [0.2, 0.25) is 0 Å². The molecule has 0 atom stereocenters. The van der Waals surface area contributed by atoms with Crippen molar-refractivity contribution < 1.29 is 32.5 Å². The van der Waals surface area contributed by atoms with Crippen molar-refractivity contribution in [2.45, 2.75) is 6.18 Å². The van der Waals surface area contributed by atoms with Gasteiger partial charge in [0.15, 0.2) is 11.5 Å². The highest BCUT2D eigenvalue weighted by molar-refractivity contribution is 5.93. The molecule has 0 radical (unpaired) electrons. The molecule has 10 heteroatoms. The van der Waals surface area contributed by atoms with Crippen LogP contribution < -0.4 is 14.8 Å². The molecule has 28 heavy (non-hydrogen) atoms. The van der Waals surface area contributed by atoms with Gasteiger partial charge >= 0.3 is 12.1 Å². The number of aromatic carboxylic acids is 1. The summed E-state index contributed by atoms with van der Waals surface area (Å²) < 4.78 is 50.0. The maximum absolute atomic E-state index is 13.2. The molecule has 0 amide bonds. The quantitative estimate of drug-likeness (QED) is 0.674. The minimum atomic E-state index is -4.76. The van der Waals surface area contributed by atoms with Crippen molar-refractivity contribution in [1.82, 2.24) is 9.97 Å². The van der Waals surface area contributed by atoms with Gasteiger partial charge in [0.25, 0.3) is 0 Å². The fourth-order valence-corrected chi connectivity index (χ4v) is 2.51. The molecule has 0 saturated heterocycles. The minimum Gasteiger partial charge on any atom is -0.493 e. The van der Waals surface area contributed by atoms with Crippen molar-refractivity contribution in [3.63, 3.8) is 0 Å². The highest BCUT2D eigenvalue weighted by Gasteiger charge is 2.35. The summed E-state index contributed by atoms with van der Waals surface area (Å²) in [6.07, 6.45) is -4.76. The van der Waals surface area contributed by atoms with Crippen LogP contribution in [0.3, 0.4) is 0 Å². The van der Waals surface area contributed by atoms with Gasteiger partial charge in [-0.3, -0.25) is 0 Å². The number of alkyl halides is 3. The molecule has 0 saturated carbocycles. The average Bonchev–Trinajstić information content (AvgIpc) is 2.66. The van der Waals surface area contributed by atoms with Gasteiger partial charge in [-0.15, -0.1) is 0 Å². The van der Waals surface area contributed by atoms with Crippen LogP contribution in [0.5, 0.6) is 11.5 Å². The summed E-state index contributed by atoms with van der Waals surface area (Å²) >= 11 is 0. The van der Waals surface area contributed by atoms with Crippen LogP contribution in [0.15, 0.2) is 36.4 Å². The number of hydrogen-bond acceptors (Lipinski definition) is 6. The van der Waals surface area contributed by atoms with Crippen molar-refractivity contribution >= 4 is 28.4 Å². The molecular formula is C18H14F3N3O4. The van der Waals surface area contributed by atoms with E-state index in [1.807, 2.05) is 0 Å². The van der Waals surface area contributed by atoms with Gasteiger partial charge in [-0.2, -0.15) is 13.2 Å². The zero-order valence-corrected chi connectivity index (χ0v) is 14.7. The Hall–Kier alpha value is -3.56. The number of ether oxygens (including phenoxy) is 2. The molecule has 0 aliphatic rings. The third-order valence-corrected chi connectivity index (χ3v) is 3.85. The molecule has 3 aromatic rings. The van der Waals surface area contributed by atoms with E-state index in [2.05, 4.69) is 15.3 Å². The van der Waals surface area contributed by atoms with E-state index in [1.54, 1.807) is 0 Å². The highest BCUT2D eigenvalue weighted by Crippen LogP contribution is 2.37. The van der Waals surface area contributed by atoms with E-state index in [0.717, 1.165) is 0 Å². The molecular weight excluding hydrogens is 379 g/mol. The number of aromatic nitrogens is 2. The Bertz CT molecular complexity index is 1040. The molecule has 7 nitrogen and oxygen atoms in total. The van der Waals surface area contributed by atoms with Gasteiger partial charge in [-0.1, -0.05) is 0 Å². The van der Waals surface area contributed by atoms with Crippen molar-refractivity contribution in [3.05, 3.63) is 47.8 Å². The van der Waals surface area contributed by atoms with Crippen LogP contribution >= 0.6 is 0 Å². The summed E-state index contributed by atoms with van der Waals surface area (Å²) in [7, 11) is 2.76. The van der Waals surface area contributed by atoms with Crippen LogP contribution in [0, 0.1) is 0 Å². The van der Waals surface area contributed by atoms with Crippen LogP contribution in [0.4, 0.5) is 24.7 Å². The first-order valence-electron chi connectivity index (χ1n) is 7.84. The topological polar surface area (TPSA) is 93.6 Å². The Kier molecular flexibility index (Phi) is 4.95. The Morgan fingerprint density at radius 1 is 1.04 bits per heavy atom. The lowest BCUT2D eigenvalue weighted by Gasteiger charge is -2.15. The summed E-state index contributed by atoms with van der Waals surface area (Å²) in [5.74, 6) is -2.03. The smallest absolute Gasteiger partial charge is 0.451 e. The molecule has 0 aliphatic heterocycles. The van der Waals surface area contributed by atoms with Crippen LogP contribution in [0.25, 0.3) is 10.9 Å². The lowest BCUT2D eigenvalue weighted by molar-refractivity contribution is -0.144. The van der Waals surface area contributed by atoms with Crippen molar-refractivity contribution in [3.8, 4) is 11.5 Å². The number of nitrogens with one attached hydrogen (secondary N) is 1. The Labute approximate surface area is 156 Å². The number of carboxylic acids is 1. The third kappa shape index (κ3) is 3.75. The molecule has 0 fully saturated rings. The number of carboxylic acid groups (broad SMARTS) is 1. The zero-order valence-electron chi connectivity index (χ0n) is 14.7. The van der Waals surface area contributed by atoms with E-state index >= 15 is 0 Å². The fraction of sp³-hybridized carbons (Fsp3) is 0.167. The van der Waals surface area contributed by atoms with Gasteiger partial charge in [0, 0.05) is 17.1 Å². The first-order chi connectivity index (χ1) is 13.2. The monoisotopic (exact) mass is 393 g/mol. The normalized spacial score (nSPS) is 11.3. The van der Waals surface area contributed by atoms with E-state index in [0.29, 0.717) is 11.4 Å². The van der Waals surface area contributed by atoms with Crippen LogP contribution in [0.1, 0.15) is 16.2 Å². The number of nitrogens with zero attached hydrogens (tertiary/aromatic N) is 2. The maximum Gasteiger partial charge on any atom is 0.451 e. The van der Waals surface area contributed by atoms with E-state index in [-0.39, 0.29) is 28.0 Å². The van der Waals surface area contributed by atoms with Crippen molar-refractivity contribution in [1.29, 1.82) is 0 Å². The average molecular weight is 393 g/mol. The third-order valence-electron chi connectivity index (χ3n) is 3.85. The molecule has 0 unspecified atom stereocenters. The van der Waals surface area contributed by atoms with Gasteiger partial charge in [0.05, 0.1) is 25.3 Å². The number of hydrogen-bond donors (Lipinski definition) is 2. The number of fused-ring (bicyclic) bond motifs is 1. The lowest BCUT2D eigenvalue weighted by atomic mass is 10.1. The molecule has 0 bridgehead atoms. The predicted molar refractivity (Wildman–Crippen MR) is 94.3 cm³/mol. The van der Waals surface area contributed by atoms with Crippen molar-refractivity contribution in [2.75, 3.05) is 19.5 Å². The molecule has 146 valence electrons. The number of methoxy groups -OCH3 is 2. The minimum absolute atomic E-state index is 0.00429. The van der Waals surface area contributed by atoms with Gasteiger partial charge in [-0.05, 0) is 30.3 Å². The second-order valence-corrected chi connectivity index (χ2v) is 5.63. The zero-order chi connectivity index (χ0) is 20.5. The number of benzene rings is 2. The lowest BCUT2D eigenvalue weighted by Crippen LogP contribution is -2.13. The number of carbonyl (C=O) groups is 1. The number of anilines is 2. The SMILES string of the molecule is COc1cc2nc(C(F)(F)F)nc(Nc3ccc(C(=O)O)cc3)c2cc1OC. The summed E-state index contributed by atoms with van der Waals surface area (Å²) in [5.41, 5.74) is 0.401. The largest absolute Gasteiger partial charge is 0.493 e. The molecule has 1 aromatic heterocycles. The fourth-order valence-electron chi connectivity index (χ4n) is 2.51. The Balaban J connectivity index is 2.16. The van der Waals surface area contributed by atoms with E-state index < -0.39 is 18.0 Å². The standard InChI is InChI=1S/C18H14F3N3O4/c1-27-13-7-11-12(8-14(13)28-2)23-17(18(19,20)21)24-15(11)22-10-5-3-9(4-6-10)16(25)26/h3-8H,1-2H3,(H,25,26)(H,22,23,24). The molecule has 0 spiro atoms. The van der Waals surface area contributed by atoms with Gasteiger partial charge in [-0.25, -0.2) is 14.8 Å². The first kappa shape index (κ1) is 19.2. The van der Waals surface area contributed by atoms with Gasteiger partial charge < -0.3 is 19.9 Å². The first-order valence-corrected chi connectivity index (χ1v) is 7.84. The summed E-state index contributed by atoms with van der Waals surface area (Å²) in [6, 6.07) is 8.27. The highest BCUT2D eigenvalue weighted by atomic mass is 19.4. The molecule has 3 rings (SSSR count). The molecule has 0 aliphatic carbocycles. The molecule has 2 aromatic carbocycles. The van der Waals surface area contributed by atoms with E-state index in [4.69, 9.17) is 14.6 Å². The maximum atomic E-state index is 13.2. The van der Waals surface area contributed by atoms with Gasteiger partial charge in [0.1, 0.15) is 5.82 Å². The summed E-state index contributed by atoms with van der Waals surface area (Å²) in [6.45, 7) is 0. The molecule has 1 heterocycles. The van der Waals surface area contributed by atoms with Gasteiger partial charge in [0.2, 0.25) is 5.82 Å². The van der Waals surface area contributed by atoms with E-state index in [9.17, 15) is 18.0 Å². The van der Waals surface area contributed by atoms with Crippen LogP contribution in [-0.4, -0.2) is 35.3 Å². The van der Waals surface area contributed by atoms with Crippen molar-refractivity contribution in [2.24, 2.45) is 0 Å². The Morgan fingerprint density at radius 3 is 2.18 bits per heavy atom. The Morgan fingerprint density at radius 2 is 1.64 bits per heavy atom. The summed E-state index contributed by atoms with van der Waals surface area (Å²) in [5, 5.41) is 12.0. The second kappa shape index (κ2) is 7.22. The summed E-state index contributed by atoms with van der Waals surface area (Å²) in [4.78, 5) is 18.1. The van der Waals surface area contributed by atoms with Crippen LogP contribution in [-0.2, 0) is 6.18 Å². The number of halogens is 3.